The Morgan fingerprint density at radius 1 is 1.07 bits per heavy atom. The van der Waals surface area contributed by atoms with Gasteiger partial charge in [0.1, 0.15) is 11.2 Å². The van der Waals surface area contributed by atoms with Crippen molar-refractivity contribution >= 4 is 44.7 Å². The van der Waals surface area contributed by atoms with Gasteiger partial charge in [-0.2, -0.15) is 0 Å². The van der Waals surface area contributed by atoms with Gasteiger partial charge >= 0.3 is 5.69 Å². The molecule has 30 heavy (non-hydrogen) atoms. The third-order valence-electron chi connectivity index (χ3n) is 4.72. The third kappa shape index (κ3) is 3.69. The number of aromatic nitrogens is 2. The highest BCUT2D eigenvalue weighted by Gasteiger charge is 2.18. The molecule has 0 aliphatic rings. The first-order valence-electron chi connectivity index (χ1n) is 9.21. The number of anilines is 1. The van der Waals surface area contributed by atoms with Crippen LogP contribution < -0.4 is 16.6 Å². The molecule has 0 aliphatic carbocycles. The van der Waals surface area contributed by atoms with Crippen molar-refractivity contribution in [3.63, 3.8) is 0 Å². The molecule has 0 unspecified atom stereocenters. The molecule has 0 radical (unpaired) electrons. The molecule has 4 rings (SSSR count). The van der Waals surface area contributed by atoms with Gasteiger partial charge in [-0.1, -0.05) is 29.8 Å². The molecule has 1 amide bonds. The lowest BCUT2D eigenvalue weighted by atomic mass is 10.2. The fourth-order valence-corrected chi connectivity index (χ4v) is 4.40. The zero-order valence-electron chi connectivity index (χ0n) is 16.3. The lowest BCUT2D eigenvalue weighted by Crippen LogP contribution is -2.40. The molecule has 8 heteroatoms. The predicted molar refractivity (Wildman–Crippen MR) is 121 cm³/mol. The van der Waals surface area contributed by atoms with Crippen molar-refractivity contribution in [2.24, 2.45) is 0 Å². The van der Waals surface area contributed by atoms with Gasteiger partial charge in [-0.3, -0.25) is 14.2 Å². The van der Waals surface area contributed by atoms with Crippen LogP contribution in [0.25, 0.3) is 15.9 Å². The average molecular weight is 440 g/mol. The Morgan fingerprint density at radius 3 is 2.57 bits per heavy atom. The minimum absolute atomic E-state index is 0.248. The van der Waals surface area contributed by atoms with E-state index >= 15 is 0 Å². The Kier molecular flexibility index (Phi) is 5.32. The maximum absolute atomic E-state index is 13.2. The van der Waals surface area contributed by atoms with Gasteiger partial charge in [0, 0.05) is 0 Å². The van der Waals surface area contributed by atoms with Gasteiger partial charge in [-0.15, -0.1) is 11.3 Å². The lowest BCUT2D eigenvalue weighted by molar-refractivity contribution is -0.116. The summed E-state index contributed by atoms with van der Waals surface area (Å²) in [5, 5.41) is 4.89. The van der Waals surface area contributed by atoms with Crippen molar-refractivity contribution < 1.29 is 4.79 Å². The van der Waals surface area contributed by atoms with Crippen LogP contribution in [-0.2, 0) is 11.3 Å². The first-order chi connectivity index (χ1) is 14.3. The molecule has 1 N–H and O–H groups in total. The van der Waals surface area contributed by atoms with Gasteiger partial charge in [0.05, 0.1) is 21.9 Å². The molecule has 2 heterocycles. The number of carbonyl (C=O) groups is 1. The van der Waals surface area contributed by atoms with E-state index in [1.54, 1.807) is 41.8 Å². The van der Waals surface area contributed by atoms with E-state index in [9.17, 15) is 14.4 Å². The Balaban J connectivity index is 1.79. The highest BCUT2D eigenvalue weighted by atomic mass is 35.5. The summed E-state index contributed by atoms with van der Waals surface area (Å²) in [6.45, 7) is 3.54. The Morgan fingerprint density at radius 2 is 1.83 bits per heavy atom. The van der Waals surface area contributed by atoms with Crippen LogP contribution in [0.2, 0.25) is 5.02 Å². The normalized spacial score (nSPS) is 11.0. The van der Waals surface area contributed by atoms with Crippen LogP contribution in [0.4, 0.5) is 5.69 Å². The number of aryl methyl sites for hydroxylation is 2. The summed E-state index contributed by atoms with van der Waals surface area (Å²) in [5.41, 5.74) is 2.30. The Bertz CT molecular complexity index is 1400. The van der Waals surface area contributed by atoms with Crippen LogP contribution in [0, 0.1) is 13.8 Å². The summed E-state index contributed by atoms with van der Waals surface area (Å²) in [4.78, 5) is 38.9. The molecule has 152 valence electrons. The van der Waals surface area contributed by atoms with E-state index in [4.69, 9.17) is 11.6 Å². The number of amides is 1. The molecule has 4 aromatic rings. The molecule has 2 aromatic heterocycles. The number of hydrogen-bond acceptors (Lipinski definition) is 4. The van der Waals surface area contributed by atoms with E-state index in [0.29, 0.717) is 26.6 Å². The lowest BCUT2D eigenvalue weighted by Gasteiger charge is -2.13. The minimum Gasteiger partial charge on any atom is -0.323 e. The molecule has 0 bridgehead atoms. The number of carbonyl (C=O) groups excluding carboxylic acids is 1. The van der Waals surface area contributed by atoms with Crippen LogP contribution in [0.5, 0.6) is 0 Å². The Labute approximate surface area is 181 Å². The van der Waals surface area contributed by atoms with Crippen LogP contribution >= 0.6 is 22.9 Å². The number of nitrogens with zero attached hydrogens (tertiary/aromatic N) is 2. The number of hydrogen-bond donors (Lipinski definition) is 1. The zero-order chi connectivity index (χ0) is 21.4. The third-order valence-corrected chi connectivity index (χ3v) is 5.92. The molecule has 0 spiro atoms. The second-order valence-electron chi connectivity index (χ2n) is 7.01. The van der Waals surface area contributed by atoms with Crippen molar-refractivity contribution in [1.29, 1.82) is 0 Å². The second-order valence-corrected chi connectivity index (χ2v) is 8.34. The average Bonchev–Trinajstić information content (AvgIpc) is 3.18. The van der Waals surface area contributed by atoms with Gasteiger partial charge in [0.15, 0.2) is 0 Å². The van der Waals surface area contributed by atoms with E-state index in [1.165, 1.54) is 15.9 Å². The summed E-state index contributed by atoms with van der Waals surface area (Å²) >= 11 is 7.44. The van der Waals surface area contributed by atoms with E-state index in [2.05, 4.69) is 5.32 Å². The van der Waals surface area contributed by atoms with Gasteiger partial charge in [0.2, 0.25) is 5.91 Å². The van der Waals surface area contributed by atoms with Crippen LogP contribution in [0.1, 0.15) is 11.1 Å². The molecule has 6 nitrogen and oxygen atoms in total. The largest absolute Gasteiger partial charge is 0.336 e. The summed E-state index contributed by atoms with van der Waals surface area (Å²) in [7, 11) is 0. The predicted octanol–water partition coefficient (Wildman–Crippen LogP) is 4.12. The number of nitrogens with one attached hydrogen (secondary N) is 1. The van der Waals surface area contributed by atoms with Gasteiger partial charge < -0.3 is 5.32 Å². The highest BCUT2D eigenvalue weighted by Crippen LogP contribution is 2.23. The van der Waals surface area contributed by atoms with E-state index in [0.717, 1.165) is 15.7 Å². The van der Waals surface area contributed by atoms with Crippen molar-refractivity contribution in [1.82, 2.24) is 9.13 Å². The quantitative estimate of drug-likeness (QED) is 0.519. The summed E-state index contributed by atoms with van der Waals surface area (Å²) < 4.78 is 2.84. The first-order valence-corrected chi connectivity index (χ1v) is 10.5. The maximum Gasteiger partial charge on any atom is 0.336 e. The molecule has 0 fully saturated rings. The molecule has 0 saturated carbocycles. The standard InChI is InChI=1S/C22H18ClN3O3S/c1-13-4-3-5-15(10-13)26-21(28)20-18(8-9-30-20)25(22(26)29)12-19(27)24-17-7-6-14(2)11-16(17)23/h3-11H,12H2,1-2H3,(H,24,27). The van der Waals surface area contributed by atoms with Gasteiger partial charge in [0.25, 0.3) is 5.56 Å². The molecule has 2 aromatic carbocycles. The Hall–Kier alpha value is -3.16. The second kappa shape index (κ2) is 7.93. The minimum atomic E-state index is -0.568. The van der Waals surface area contributed by atoms with Crippen LogP contribution in [0.15, 0.2) is 63.5 Å². The molecular weight excluding hydrogens is 422 g/mol. The van der Waals surface area contributed by atoms with Crippen LogP contribution in [-0.4, -0.2) is 15.0 Å². The number of thiophene rings is 1. The van der Waals surface area contributed by atoms with Crippen molar-refractivity contribution in [2.75, 3.05) is 5.32 Å². The molecule has 0 saturated heterocycles. The smallest absolute Gasteiger partial charge is 0.323 e. The van der Waals surface area contributed by atoms with Crippen molar-refractivity contribution in [3.8, 4) is 5.69 Å². The SMILES string of the molecule is Cc1cccc(-n2c(=O)c3sccc3n(CC(=O)Nc3ccc(C)cc3Cl)c2=O)c1. The highest BCUT2D eigenvalue weighted by molar-refractivity contribution is 7.17. The topological polar surface area (TPSA) is 73.1 Å². The van der Waals surface area contributed by atoms with Gasteiger partial charge in [-0.05, 0) is 60.7 Å². The number of benzene rings is 2. The number of fused-ring (bicyclic) bond motifs is 1. The zero-order valence-corrected chi connectivity index (χ0v) is 17.9. The molecule has 0 atom stereocenters. The maximum atomic E-state index is 13.2. The fraction of sp³-hybridized carbons (Fsp3) is 0.136. The summed E-state index contributed by atoms with van der Waals surface area (Å²) in [6, 6.07) is 14.1. The molecular formula is C22H18ClN3O3S. The number of halogens is 1. The summed E-state index contributed by atoms with van der Waals surface area (Å²) in [6.07, 6.45) is 0. The molecule has 0 aliphatic heterocycles. The first kappa shape index (κ1) is 20.1. The van der Waals surface area contributed by atoms with Crippen molar-refractivity contribution in [2.45, 2.75) is 20.4 Å². The van der Waals surface area contributed by atoms with Crippen molar-refractivity contribution in [3.05, 3.63) is 90.9 Å². The summed E-state index contributed by atoms with van der Waals surface area (Å²) in [5.74, 6) is -0.412. The van der Waals surface area contributed by atoms with E-state index in [-0.39, 0.29) is 6.54 Å². The fourth-order valence-electron chi connectivity index (χ4n) is 3.29. The number of rotatable bonds is 4. The van der Waals surface area contributed by atoms with Crippen LogP contribution in [0.3, 0.4) is 0 Å². The monoisotopic (exact) mass is 439 g/mol. The van der Waals surface area contributed by atoms with E-state index < -0.39 is 17.2 Å². The van der Waals surface area contributed by atoms with Gasteiger partial charge in [-0.25, -0.2) is 9.36 Å². The van der Waals surface area contributed by atoms with E-state index in [1.807, 2.05) is 26.0 Å².